The minimum atomic E-state index is -3.65. The molecule has 0 unspecified atom stereocenters. The molecule has 0 saturated heterocycles. The van der Waals surface area contributed by atoms with Gasteiger partial charge < -0.3 is 41.0 Å². The van der Waals surface area contributed by atoms with Crippen molar-refractivity contribution in [2.24, 2.45) is 5.73 Å². The molecular formula is C100H119Cl3FN15O10S3. The van der Waals surface area contributed by atoms with E-state index in [2.05, 4.69) is 89.0 Å². The molecular weight excluding hydrogens is 1790 g/mol. The molecule has 5 N–H and O–H groups in total. The first-order chi connectivity index (χ1) is 62.6. The Morgan fingerprint density at radius 1 is 0.432 bits per heavy atom. The van der Waals surface area contributed by atoms with Gasteiger partial charge in [-0.1, -0.05) is 110 Å². The lowest BCUT2D eigenvalue weighted by molar-refractivity contribution is 0.0174. The highest BCUT2D eigenvalue weighted by atomic mass is 35.5. The molecule has 2 amide bonds. The van der Waals surface area contributed by atoms with Crippen LogP contribution in [-0.4, -0.2) is 161 Å². The van der Waals surface area contributed by atoms with Gasteiger partial charge in [-0.25, -0.2) is 64.7 Å². The maximum Gasteiger partial charge on any atom is 0.410 e. The van der Waals surface area contributed by atoms with Crippen LogP contribution in [0.2, 0.25) is 15.1 Å². The third kappa shape index (κ3) is 26.1. The van der Waals surface area contributed by atoms with Gasteiger partial charge in [-0.05, 0) is 290 Å². The standard InChI is InChI=1S/C35H42ClN5O4S.C30H34ClN5O2S.C23H19ClFN3O2S.C12H24N2O2/c1-7-23-18-24(29-17-14-27(38-22(29)2)21-46(43,44)31-11-9-8-10-30(31)36)19-25-20-37-33(40-32(23)25)39-26-12-15-28(16-13-26)41(6)34(42)45-35(3,4)5;1-4-20-15-21(16-22-17-33-30(36-29(20)22)35-24-11-9-23(32-3)10-12-24)26-14-13-25(34-19(26)2)18-39(37,38)28-8-6-5-7-27(28)31;1-3-15-10-16(11-17-12-26-23(25)28-22(15)17)19-9-8-18(27-14(19)2)13-31(29,30)21-7-5-4-6-20(21)24;1-12(2,3)16-11(15)14(4)10-7-5-9(13)6-8-10/h8-11,14,17-20,26,28H,7,12-13,15-16,21H2,1-6H3,(H,37,39,40);5-8,13-17,23-24,32H,4,9-12,18H2,1-3H3,(H,33,35,36);4-12H,3,13H2,1-2H3;9-10H,5-8,13H2,1-4H3. The van der Waals surface area contributed by atoms with Gasteiger partial charge in [0.15, 0.2) is 29.5 Å². The summed E-state index contributed by atoms with van der Waals surface area (Å²) in [5.41, 5.74) is 19.7. The number of nitrogens with zero attached hydrogens (tertiary/aromatic N) is 11. The number of aromatic nitrogens is 9. The Hall–Kier alpha value is -10.5. The zero-order valence-electron chi connectivity index (χ0n) is 77.6. The summed E-state index contributed by atoms with van der Waals surface area (Å²) in [6, 6.07) is 44.5. The number of pyridine rings is 3. The Morgan fingerprint density at radius 3 is 1.05 bits per heavy atom. The smallest absolute Gasteiger partial charge is 0.410 e. The van der Waals surface area contributed by atoms with Crippen LogP contribution in [0.3, 0.4) is 0 Å². The average Bonchev–Trinajstić information content (AvgIpc) is 0.782. The summed E-state index contributed by atoms with van der Waals surface area (Å²) in [4.78, 5) is 68.6. The predicted octanol–water partition coefficient (Wildman–Crippen LogP) is 21.4. The minimum absolute atomic E-state index is 0.0922. The van der Waals surface area contributed by atoms with E-state index < -0.39 is 46.8 Å². The predicted molar refractivity (Wildman–Crippen MR) is 524 cm³/mol. The fourth-order valence-electron chi connectivity index (χ4n) is 16.9. The molecule has 132 heavy (non-hydrogen) atoms. The van der Waals surface area contributed by atoms with Crippen LogP contribution in [0.25, 0.3) is 66.1 Å². The number of ether oxygens (including phenoxy) is 2. The molecule has 3 aliphatic rings. The number of rotatable bonds is 22. The lowest BCUT2D eigenvalue weighted by Crippen LogP contribution is -2.44. The number of aryl methyl sites for hydroxylation is 6. The van der Waals surface area contributed by atoms with Crippen molar-refractivity contribution in [2.75, 3.05) is 31.8 Å². The SMILES string of the molecule is CCc1cc(-c2ccc(CS(=O)(=O)c3ccccc3Cl)nc2C)cc2cnc(F)nc12.CCc1cc(-c2ccc(CS(=O)(=O)c3ccccc3Cl)nc2C)cc2cnc(NC3CCC(N(C)C(=O)OC(C)(C)C)CC3)nc12.CCc1cc(-c2ccc(CS(=O)(=O)c3ccccc3Cl)nc2C)cc2cnc(NC3CCC(NC)CC3)nc12.CN(C(=O)OC(C)(C)C)C1CCC(N)CC1. The van der Waals surface area contributed by atoms with Gasteiger partial charge in [0, 0.05) is 119 Å². The van der Waals surface area contributed by atoms with Gasteiger partial charge in [0.25, 0.3) is 0 Å². The van der Waals surface area contributed by atoms with Gasteiger partial charge in [0.2, 0.25) is 11.9 Å². The molecule has 15 rings (SSSR count). The number of nitrogens with one attached hydrogen (secondary N) is 3. The number of carbonyl (C=O) groups excluding carboxylic acids is 2. The Balaban J connectivity index is 0.000000167. The molecule has 700 valence electrons. The van der Waals surface area contributed by atoms with Gasteiger partial charge in [-0.15, -0.1) is 0 Å². The van der Waals surface area contributed by atoms with Crippen LogP contribution in [0, 0.1) is 26.8 Å². The summed E-state index contributed by atoms with van der Waals surface area (Å²) in [6.07, 6.45) is 18.3. The third-order valence-corrected chi connectivity index (χ3v) is 30.4. The zero-order valence-corrected chi connectivity index (χ0v) is 82.3. The molecule has 0 radical (unpaired) electrons. The minimum Gasteiger partial charge on any atom is -0.444 e. The Bertz CT molecular complexity index is 6530. The summed E-state index contributed by atoms with van der Waals surface area (Å²) >= 11 is 18.4. The molecule has 12 aromatic rings. The van der Waals surface area contributed by atoms with Crippen LogP contribution in [-0.2, 0) is 75.5 Å². The number of carbonyl (C=O) groups is 2. The first-order valence-corrected chi connectivity index (χ1v) is 50.9. The van der Waals surface area contributed by atoms with E-state index in [4.69, 9.17) is 60.0 Å². The van der Waals surface area contributed by atoms with Crippen molar-refractivity contribution < 1.29 is 48.7 Å². The largest absolute Gasteiger partial charge is 0.444 e. The number of nitrogens with two attached hydrogens (primary N) is 1. The Kier molecular flexibility index (Phi) is 33.2. The lowest BCUT2D eigenvalue weighted by Gasteiger charge is -2.35. The van der Waals surface area contributed by atoms with Crippen LogP contribution in [0.4, 0.5) is 25.9 Å². The summed E-state index contributed by atoms with van der Waals surface area (Å²) < 4.78 is 102. The van der Waals surface area contributed by atoms with E-state index in [9.17, 15) is 39.2 Å². The maximum absolute atomic E-state index is 13.5. The number of sulfone groups is 3. The summed E-state index contributed by atoms with van der Waals surface area (Å²) in [5.74, 6) is 0.584. The molecule has 0 spiro atoms. The van der Waals surface area contributed by atoms with Crippen molar-refractivity contribution in [2.45, 2.75) is 259 Å². The molecule has 0 bridgehead atoms. The molecule has 6 aromatic heterocycles. The van der Waals surface area contributed by atoms with Crippen LogP contribution >= 0.6 is 34.8 Å². The molecule has 6 heterocycles. The van der Waals surface area contributed by atoms with Crippen LogP contribution in [0.5, 0.6) is 0 Å². The number of fused-ring (bicyclic) bond motifs is 3. The molecule has 3 aliphatic carbocycles. The van der Waals surface area contributed by atoms with Gasteiger partial charge in [-0.2, -0.15) is 4.39 Å². The van der Waals surface area contributed by atoms with Crippen LogP contribution < -0.4 is 21.7 Å². The van der Waals surface area contributed by atoms with Crippen LogP contribution in [0.15, 0.2) is 179 Å². The highest BCUT2D eigenvalue weighted by Gasteiger charge is 2.33. The fourth-order valence-corrected chi connectivity index (χ4v) is 22.4. The second-order valence-corrected chi connectivity index (χ2v) is 43.2. The molecule has 3 saturated carbocycles. The van der Waals surface area contributed by atoms with E-state index >= 15 is 0 Å². The quantitative estimate of drug-likeness (QED) is 0.0458. The monoisotopic (exact) mass is 1910 g/mol. The van der Waals surface area contributed by atoms with Crippen molar-refractivity contribution in [3.63, 3.8) is 0 Å². The van der Waals surface area contributed by atoms with Gasteiger partial charge in [0.1, 0.15) is 11.2 Å². The average molecular weight is 1910 g/mol. The summed E-state index contributed by atoms with van der Waals surface area (Å²) in [7, 11) is -5.23. The molecule has 25 nitrogen and oxygen atoms in total. The highest BCUT2D eigenvalue weighted by Crippen LogP contribution is 2.38. The maximum atomic E-state index is 13.5. The number of benzene rings is 6. The Morgan fingerprint density at radius 2 is 0.735 bits per heavy atom. The van der Waals surface area contributed by atoms with Crippen molar-refractivity contribution >= 4 is 121 Å². The van der Waals surface area contributed by atoms with E-state index in [0.717, 1.165) is 179 Å². The van der Waals surface area contributed by atoms with Gasteiger partial charge in [-0.3, -0.25) is 15.0 Å². The Labute approximate surface area is 790 Å². The second kappa shape index (κ2) is 43.7. The number of amides is 2. The molecule has 6 aromatic carbocycles. The number of hydrogen-bond acceptors (Lipinski definition) is 23. The first kappa shape index (κ1) is 100. The van der Waals surface area contributed by atoms with Crippen LogP contribution in [0.1, 0.15) is 190 Å². The van der Waals surface area contributed by atoms with Crippen molar-refractivity contribution in [3.8, 4) is 33.4 Å². The first-order valence-electron chi connectivity index (χ1n) is 44.8. The summed E-state index contributed by atoms with van der Waals surface area (Å²) in [6.45, 7) is 23.1. The summed E-state index contributed by atoms with van der Waals surface area (Å²) in [5, 5.41) is 13.7. The topological polar surface area (TPSA) is 340 Å². The molecule has 0 aliphatic heterocycles. The lowest BCUT2D eigenvalue weighted by atomic mass is 9.90. The van der Waals surface area contributed by atoms with Crippen molar-refractivity contribution in [1.29, 1.82) is 0 Å². The van der Waals surface area contributed by atoms with E-state index in [1.807, 2.05) is 133 Å². The molecule has 32 heteroatoms. The van der Waals surface area contributed by atoms with Crippen molar-refractivity contribution in [3.05, 3.63) is 236 Å². The fraction of sp³-hybridized carbons (Fsp3) is 0.410. The third-order valence-electron chi connectivity index (χ3n) is 24.0. The van der Waals surface area contributed by atoms with Gasteiger partial charge in [0.05, 0.1) is 80.6 Å². The highest BCUT2D eigenvalue weighted by molar-refractivity contribution is 7.91. The second-order valence-electron chi connectivity index (χ2n) is 36.1. The normalized spacial score (nSPS) is 17.2. The van der Waals surface area contributed by atoms with Gasteiger partial charge >= 0.3 is 18.3 Å². The number of anilines is 2. The molecule has 3 fully saturated rings. The number of halogens is 4. The van der Waals surface area contributed by atoms with E-state index in [1.165, 1.54) is 24.4 Å². The van der Waals surface area contributed by atoms with E-state index in [1.54, 1.807) is 82.6 Å². The van der Waals surface area contributed by atoms with Crippen molar-refractivity contribution in [1.82, 2.24) is 60.0 Å². The number of hydrogen-bond donors (Lipinski definition) is 4. The zero-order chi connectivity index (χ0) is 95.3. The van der Waals surface area contributed by atoms with E-state index in [0.29, 0.717) is 64.7 Å². The van der Waals surface area contributed by atoms with E-state index in [-0.39, 0.29) is 77.3 Å². The molecule has 0 atom stereocenters.